The summed E-state index contributed by atoms with van der Waals surface area (Å²) in [6, 6.07) is 29.4. The van der Waals surface area contributed by atoms with Crippen LogP contribution in [0.5, 0.6) is 5.75 Å². The molecule has 3 heterocycles. The summed E-state index contributed by atoms with van der Waals surface area (Å²) < 4.78 is 36.0. The second-order valence-electron chi connectivity index (χ2n) is 13.9. The van der Waals surface area contributed by atoms with Crippen LogP contribution in [0.4, 0.5) is 36.2 Å². The molecule has 19 nitrogen and oxygen atoms in total. The predicted molar refractivity (Wildman–Crippen MR) is 224 cm³/mol. The maximum atomic E-state index is 11.9. The summed E-state index contributed by atoms with van der Waals surface area (Å²) in [5, 5.41) is 21.2. The summed E-state index contributed by atoms with van der Waals surface area (Å²) in [4.78, 5) is 56.7. The Labute approximate surface area is 357 Å². The molecule has 7 rings (SSSR count). The molecule has 3 atom stereocenters. The number of anilines is 2. The first kappa shape index (κ1) is 46.1. The van der Waals surface area contributed by atoms with Gasteiger partial charge in [-0.2, -0.15) is 0 Å². The van der Waals surface area contributed by atoms with Crippen molar-refractivity contribution in [3.8, 4) is 5.75 Å². The van der Waals surface area contributed by atoms with Crippen molar-refractivity contribution in [1.82, 2.24) is 16.0 Å². The SMILES string of the molecule is Nc1cccc(CNC(=O)O[C@H]2CCOC2)c1.O=C(NCc1cccc([N+](=O)[O-])c1)O[C@H]1CCOC1.O=C(Nc1cccc(CNC(=O)O[C@H]2CCOC2)c1)Oc1ccccc1. The lowest BCUT2D eigenvalue weighted by Crippen LogP contribution is -2.28. The molecule has 3 saturated heterocycles. The van der Waals surface area contributed by atoms with Gasteiger partial charge >= 0.3 is 24.4 Å². The van der Waals surface area contributed by atoms with Crippen molar-refractivity contribution in [1.29, 1.82) is 0 Å². The summed E-state index contributed by atoms with van der Waals surface area (Å²) in [5.41, 5.74) is 9.31. The lowest BCUT2D eigenvalue weighted by Gasteiger charge is -2.12. The number of rotatable bonds is 12. The molecule has 0 radical (unpaired) electrons. The third-order valence-corrected chi connectivity index (χ3v) is 8.99. The van der Waals surface area contributed by atoms with Gasteiger partial charge in [-0.25, -0.2) is 19.2 Å². The average Bonchev–Trinajstić information content (AvgIpc) is 4.09. The quantitative estimate of drug-likeness (QED) is 0.0460. The molecule has 0 bridgehead atoms. The van der Waals surface area contributed by atoms with Crippen LogP contribution in [-0.4, -0.2) is 87.2 Å². The van der Waals surface area contributed by atoms with Crippen LogP contribution in [0.25, 0.3) is 0 Å². The third kappa shape index (κ3) is 17.3. The number of nitrogen functional groups attached to an aromatic ring is 1. The van der Waals surface area contributed by atoms with Gasteiger partial charge in [0, 0.05) is 62.4 Å². The van der Waals surface area contributed by atoms with Crippen LogP contribution in [-0.2, 0) is 48.1 Å². The molecule has 0 unspecified atom stereocenters. The van der Waals surface area contributed by atoms with Gasteiger partial charge in [0.15, 0.2) is 0 Å². The molecule has 3 fully saturated rings. The first-order valence-electron chi connectivity index (χ1n) is 19.8. The van der Waals surface area contributed by atoms with Crippen LogP contribution in [0.15, 0.2) is 103 Å². The van der Waals surface area contributed by atoms with Crippen molar-refractivity contribution in [3.05, 3.63) is 130 Å². The number of carbonyl (C=O) groups is 4. The molecule has 3 aliphatic rings. The number of alkyl carbamates (subject to hydrolysis) is 3. The van der Waals surface area contributed by atoms with E-state index in [0.29, 0.717) is 75.3 Å². The number of hydrogen-bond acceptors (Lipinski definition) is 14. The van der Waals surface area contributed by atoms with Crippen molar-refractivity contribution in [2.24, 2.45) is 0 Å². The van der Waals surface area contributed by atoms with Gasteiger partial charge in [-0.05, 0) is 53.1 Å². The van der Waals surface area contributed by atoms with Crippen molar-refractivity contribution in [3.63, 3.8) is 0 Å². The van der Waals surface area contributed by atoms with Crippen LogP contribution in [0.2, 0.25) is 0 Å². The summed E-state index contributed by atoms with van der Waals surface area (Å²) in [6.07, 6.45) is -0.335. The van der Waals surface area contributed by atoms with Crippen molar-refractivity contribution < 1.29 is 57.3 Å². The molecule has 330 valence electrons. The van der Waals surface area contributed by atoms with Gasteiger partial charge in [0.2, 0.25) is 0 Å². The Kier molecular flexibility index (Phi) is 18.6. The maximum Gasteiger partial charge on any atom is 0.417 e. The van der Waals surface area contributed by atoms with E-state index in [9.17, 15) is 29.3 Å². The lowest BCUT2D eigenvalue weighted by atomic mass is 10.2. The van der Waals surface area contributed by atoms with Crippen LogP contribution < -0.4 is 31.7 Å². The molecular weight excluding hydrogens is 809 g/mol. The number of hydrogen-bond donors (Lipinski definition) is 5. The molecule has 4 aromatic carbocycles. The highest BCUT2D eigenvalue weighted by atomic mass is 16.6. The minimum Gasteiger partial charge on any atom is -0.444 e. The highest BCUT2D eigenvalue weighted by Crippen LogP contribution is 2.16. The molecule has 19 heteroatoms. The Morgan fingerprint density at radius 2 is 1.06 bits per heavy atom. The monoisotopic (exact) mass is 858 g/mol. The van der Waals surface area contributed by atoms with Crippen LogP contribution in [0.3, 0.4) is 0 Å². The summed E-state index contributed by atoms with van der Waals surface area (Å²) >= 11 is 0. The normalized spacial score (nSPS) is 17.4. The Morgan fingerprint density at radius 1 is 0.597 bits per heavy atom. The van der Waals surface area contributed by atoms with E-state index in [1.807, 2.05) is 30.3 Å². The smallest absolute Gasteiger partial charge is 0.417 e. The second-order valence-corrected chi connectivity index (χ2v) is 13.9. The Balaban J connectivity index is 0.000000181. The fourth-order valence-corrected chi connectivity index (χ4v) is 5.90. The molecule has 4 amide bonds. The van der Waals surface area contributed by atoms with Crippen LogP contribution in [0.1, 0.15) is 36.0 Å². The summed E-state index contributed by atoms with van der Waals surface area (Å²) in [6.45, 7) is 4.12. The van der Waals surface area contributed by atoms with Gasteiger partial charge < -0.3 is 54.8 Å². The number of nitro benzene ring substituents is 1. The number of nitrogens with one attached hydrogen (secondary N) is 4. The van der Waals surface area contributed by atoms with E-state index in [0.717, 1.165) is 24.0 Å². The van der Waals surface area contributed by atoms with E-state index in [1.165, 1.54) is 12.1 Å². The molecule has 0 spiro atoms. The van der Waals surface area contributed by atoms with E-state index in [-0.39, 0.29) is 37.1 Å². The fourth-order valence-electron chi connectivity index (χ4n) is 5.90. The zero-order chi connectivity index (χ0) is 43.9. The number of carbonyl (C=O) groups excluding carboxylic acids is 4. The number of nitrogens with zero attached hydrogens (tertiary/aromatic N) is 1. The van der Waals surface area contributed by atoms with Gasteiger partial charge in [-0.3, -0.25) is 15.4 Å². The highest BCUT2D eigenvalue weighted by Gasteiger charge is 2.22. The van der Waals surface area contributed by atoms with E-state index >= 15 is 0 Å². The third-order valence-electron chi connectivity index (χ3n) is 8.99. The number of benzene rings is 4. The molecule has 3 aliphatic heterocycles. The van der Waals surface area contributed by atoms with E-state index in [2.05, 4.69) is 21.3 Å². The maximum absolute atomic E-state index is 11.9. The summed E-state index contributed by atoms with van der Waals surface area (Å²) in [5.74, 6) is 0.460. The van der Waals surface area contributed by atoms with Crippen molar-refractivity contribution >= 4 is 41.4 Å². The van der Waals surface area contributed by atoms with E-state index in [4.69, 9.17) is 38.9 Å². The molecule has 4 aromatic rings. The molecule has 6 N–H and O–H groups in total. The second kappa shape index (κ2) is 25.0. The van der Waals surface area contributed by atoms with Crippen LogP contribution >= 0.6 is 0 Å². The Morgan fingerprint density at radius 3 is 1.53 bits per heavy atom. The fraction of sp³-hybridized carbons (Fsp3) is 0.349. The van der Waals surface area contributed by atoms with E-state index < -0.39 is 29.3 Å². The van der Waals surface area contributed by atoms with Gasteiger partial charge in [0.25, 0.3) is 5.69 Å². The van der Waals surface area contributed by atoms with Crippen LogP contribution in [0, 0.1) is 10.1 Å². The average molecular weight is 859 g/mol. The minimum absolute atomic E-state index is 0.00291. The number of nitrogens with two attached hydrogens (primary N) is 1. The molecule has 62 heavy (non-hydrogen) atoms. The molecule has 0 saturated carbocycles. The van der Waals surface area contributed by atoms with Gasteiger partial charge in [0.05, 0.1) is 44.6 Å². The Bertz CT molecular complexity index is 2060. The molecule has 0 aliphatic carbocycles. The number of amides is 4. The molecule has 0 aromatic heterocycles. The first-order chi connectivity index (χ1) is 30.1. The zero-order valence-corrected chi connectivity index (χ0v) is 33.9. The number of non-ortho nitro benzene ring substituents is 1. The van der Waals surface area contributed by atoms with Gasteiger partial charge in [-0.15, -0.1) is 0 Å². The standard InChI is InChI=1S/C19H20N2O5.C12H14N2O5.C12H16N2O3/c22-18(26-17-9-10-24-13-17)20-12-14-5-4-6-15(11-14)21-19(23)25-16-7-2-1-3-8-16;15-12(19-11-4-5-18-8-11)13-7-9-2-1-3-10(6-9)14(16)17;13-10-3-1-2-9(6-10)7-14-12(15)17-11-4-5-16-8-11/h1-8,11,17H,9-10,12-13H2,(H,20,22)(H,21,23);1-3,6,11H,4-5,7-8H2,(H,13,15);1-3,6,11H,4-5,7-8,13H2,(H,14,15)/t17-;2*11-/m000/s1. The van der Waals surface area contributed by atoms with Crippen molar-refractivity contribution in [2.75, 3.05) is 50.7 Å². The highest BCUT2D eigenvalue weighted by molar-refractivity contribution is 5.86. The van der Waals surface area contributed by atoms with E-state index in [1.54, 1.807) is 60.7 Å². The minimum atomic E-state index is -0.582. The Hall–Kier alpha value is -6.96. The number of ether oxygens (including phenoxy) is 7. The zero-order valence-electron chi connectivity index (χ0n) is 33.9. The predicted octanol–water partition coefficient (Wildman–Crippen LogP) is 6.21. The van der Waals surface area contributed by atoms with Crippen molar-refractivity contribution in [2.45, 2.75) is 57.2 Å². The first-order valence-corrected chi connectivity index (χ1v) is 19.8. The lowest BCUT2D eigenvalue weighted by molar-refractivity contribution is -0.384. The van der Waals surface area contributed by atoms with Gasteiger partial charge in [0.1, 0.15) is 24.1 Å². The topological polar surface area (TPSA) is 250 Å². The molecular formula is C43H50N6O13. The van der Waals surface area contributed by atoms with Gasteiger partial charge in [-0.1, -0.05) is 54.6 Å². The number of nitro groups is 1. The number of para-hydroxylation sites is 1. The summed E-state index contributed by atoms with van der Waals surface area (Å²) in [7, 11) is 0. The largest absolute Gasteiger partial charge is 0.444 e.